The summed E-state index contributed by atoms with van der Waals surface area (Å²) >= 11 is 8.08. The molecule has 26 heavy (non-hydrogen) atoms. The van der Waals surface area contributed by atoms with Gasteiger partial charge in [0, 0.05) is 35.1 Å². The molecular weight excluding hydrogens is 372 g/mol. The van der Waals surface area contributed by atoms with Crippen LogP contribution in [-0.4, -0.2) is 29.4 Å². The van der Waals surface area contributed by atoms with Crippen molar-refractivity contribution in [2.24, 2.45) is 0 Å². The standard InChI is InChI=1S/C19H19ClN2O3S/c1-2-22-16-8-7-12(21-19(24)25)11-14(16)18(26-10-9-17(22)23)13-5-3-4-6-15(13)20/h3-8,11,18,21H,2,9-10H2,1H3,(H,24,25). The molecule has 3 rings (SSSR count). The summed E-state index contributed by atoms with van der Waals surface area (Å²) in [4.78, 5) is 25.3. The van der Waals surface area contributed by atoms with Crippen LogP contribution >= 0.6 is 23.4 Å². The number of anilines is 2. The van der Waals surface area contributed by atoms with E-state index in [2.05, 4.69) is 5.32 Å². The summed E-state index contributed by atoms with van der Waals surface area (Å²) in [5, 5.41) is 12.0. The quantitative estimate of drug-likeness (QED) is 0.772. The predicted octanol–water partition coefficient (Wildman–Crippen LogP) is 5.01. The molecule has 0 aliphatic carbocycles. The molecule has 5 nitrogen and oxygen atoms in total. The molecule has 2 amide bonds. The van der Waals surface area contributed by atoms with Crippen molar-refractivity contribution in [2.75, 3.05) is 22.5 Å². The molecule has 0 aromatic heterocycles. The summed E-state index contributed by atoms with van der Waals surface area (Å²) in [5.41, 5.74) is 3.10. The Bertz CT molecular complexity index is 843. The van der Waals surface area contributed by atoms with Crippen molar-refractivity contribution in [3.63, 3.8) is 0 Å². The second-order valence-corrected chi connectivity index (χ2v) is 7.48. The topological polar surface area (TPSA) is 69.6 Å². The van der Waals surface area contributed by atoms with Crippen molar-refractivity contribution in [3.8, 4) is 0 Å². The molecule has 1 aliphatic heterocycles. The van der Waals surface area contributed by atoms with E-state index in [4.69, 9.17) is 16.7 Å². The summed E-state index contributed by atoms with van der Waals surface area (Å²) in [6.07, 6.45) is -0.672. The summed E-state index contributed by atoms with van der Waals surface area (Å²) in [6, 6.07) is 12.9. The average Bonchev–Trinajstić information content (AvgIpc) is 2.60. The molecule has 0 fully saturated rings. The predicted molar refractivity (Wildman–Crippen MR) is 106 cm³/mol. The van der Waals surface area contributed by atoms with E-state index in [1.807, 2.05) is 31.2 Å². The fourth-order valence-electron chi connectivity index (χ4n) is 3.13. The van der Waals surface area contributed by atoms with E-state index in [0.717, 1.165) is 16.8 Å². The van der Waals surface area contributed by atoms with E-state index < -0.39 is 6.09 Å². The van der Waals surface area contributed by atoms with Gasteiger partial charge in [-0.05, 0) is 42.3 Å². The van der Waals surface area contributed by atoms with Gasteiger partial charge in [0.25, 0.3) is 0 Å². The third kappa shape index (κ3) is 3.81. The average molecular weight is 391 g/mol. The lowest BCUT2D eigenvalue weighted by atomic mass is 10.0. The van der Waals surface area contributed by atoms with Crippen molar-refractivity contribution in [1.82, 2.24) is 0 Å². The Kier molecular flexibility index (Phi) is 5.74. The molecule has 1 unspecified atom stereocenters. The smallest absolute Gasteiger partial charge is 0.409 e. The maximum absolute atomic E-state index is 12.5. The van der Waals surface area contributed by atoms with Crippen LogP contribution in [0, 0.1) is 0 Å². The monoisotopic (exact) mass is 390 g/mol. The van der Waals surface area contributed by atoms with Gasteiger partial charge >= 0.3 is 6.09 Å². The van der Waals surface area contributed by atoms with Gasteiger partial charge in [-0.25, -0.2) is 4.79 Å². The number of carboxylic acid groups (broad SMARTS) is 1. The zero-order valence-electron chi connectivity index (χ0n) is 14.2. The fourth-order valence-corrected chi connectivity index (χ4v) is 4.72. The molecule has 0 saturated heterocycles. The number of amides is 2. The summed E-state index contributed by atoms with van der Waals surface area (Å²) in [6.45, 7) is 2.49. The molecular formula is C19H19ClN2O3S. The van der Waals surface area contributed by atoms with E-state index >= 15 is 0 Å². The van der Waals surface area contributed by atoms with Crippen molar-refractivity contribution in [1.29, 1.82) is 0 Å². The molecule has 0 radical (unpaired) electrons. The number of thioether (sulfide) groups is 1. The lowest BCUT2D eigenvalue weighted by Crippen LogP contribution is -2.33. The Morgan fingerprint density at radius 1 is 1.31 bits per heavy atom. The Morgan fingerprint density at radius 2 is 2.08 bits per heavy atom. The maximum atomic E-state index is 12.5. The normalized spacial score (nSPS) is 17.2. The number of rotatable bonds is 3. The molecule has 0 saturated carbocycles. The van der Waals surface area contributed by atoms with Crippen LogP contribution < -0.4 is 10.2 Å². The van der Waals surface area contributed by atoms with Gasteiger partial charge < -0.3 is 10.0 Å². The Labute approximate surface area is 161 Å². The molecule has 2 aromatic rings. The van der Waals surface area contributed by atoms with Gasteiger partial charge in [-0.2, -0.15) is 0 Å². The van der Waals surface area contributed by atoms with Gasteiger partial charge in [0.05, 0.1) is 5.25 Å². The molecule has 7 heteroatoms. The fraction of sp³-hybridized carbons (Fsp3) is 0.263. The minimum Gasteiger partial charge on any atom is -0.465 e. The highest BCUT2D eigenvalue weighted by atomic mass is 35.5. The maximum Gasteiger partial charge on any atom is 0.409 e. The van der Waals surface area contributed by atoms with Crippen LogP contribution in [0.25, 0.3) is 0 Å². The van der Waals surface area contributed by atoms with Gasteiger partial charge in [0.1, 0.15) is 0 Å². The third-order valence-corrected chi connectivity index (χ3v) is 5.88. The Morgan fingerprint density at radius 3 is 2.77 bits per heavy atom. The van der Waals surface area contributed by atoms with E-state index in [1.54, 1.807) is 34.9 Å². The van der Waals surface area contributed by atoms with E-state index in [0.29, 0.717) is 29.4 Å². The van der Waals surface area contributed by atoms with Crippen molar-refractivity contribution in [3.05, 3.63) is 58.6 Å². The van der Waals surface area contributed by atoms with Crippen LogP contribution in [0.4, 0.5) is 16.2 Å². The molecule has 1 heterocycles. The first-order valence-electron chi connectivity index (χ1n) is 8.31. The number of carbonyl (C=O) groups is 2. The molecule has 0 spiro atoms. The molecule has 136 valence electrons. The molecule has 2 N–H and O–H groups in total. The first kappa shape index (κ1) is 18.6. The molecule has 2 aromatic carbocycles. The minimum atomic E-state index is -1.12. The number of carbonyl (C=O) groups excluding carboxylic acids is 1. The van der Waals surface area contributed by atoms with Crippen molar-refractivity contribution in [2.45, 2.75) is 18.6 Å². The molecule has 1 atom stereocenters. The summed E-state index contributed by atoms with van der Waals surface area (Å²) in [7, 11) is 0. The highest BCUT2D eigenvalue weighted by Gasteiger charge is 2.28. The number of fused-ring (bicyclic) bond motifs is 1. The van der Waals surface area contributed by atoms with Crippen LogP contribution in [0.5, 0.6) is 0 Å². The van der Waals surface area contributed by atoms with E-state index in [1.165, 1.54) is 0 Å². The first-order valence-corrected chi connectivity index (χ1v) is 9.74. The summed E-state index contributed by atoms with van der Waals surface area (Å²) in [5.74, 6) is 0.735. The number of hydrogen-bond acceptors (Lipinski definition) is 3. The Balaban J connectivity index is 2.17. The van der Waals surface area contributed by atoms with Crippen LogP contribution in [0.1, 0.15) is 29.7 Å². The van der Waals surface area contributed by atoms with Gasteiger partial charge in [0.15, 0.2) is 0 Å². The van der Waals surface area contributed by atoms with Crippen molar-refractivity contribution < 1.29 is 14.7 Å². The zero-order valence-corrected chi connectivity index (χ0v) is 15.8. The lowest BCUT2D eigenvalue weighted by Gasteiger charge is -2.31. The van der Waals surface area contributed by atoms with Crippen molar-refractivity contribution >= 4 is 46.7 Å². The second kappa shape index (κ2) is 8.01. The van der Waals surface area contributed by atoms with Gasteiger partial charge in [0.2, 0.25) is 5.91 Å². The van der Waals surface area contributed by atoms with Crippen LogP contribution in [0.15, 0.2) is 42.5 Å². The first-order chi connectivity index (χ1) is 12.5. The van der Waals surface area contributed by atoms with Crippen LogP contribution in [0.3, 0.4) is 0 Å². The number of nitrogens with zero attached hydrogens (tertiary/aromatic N) is 1. The highest BCUT2D eigenvalue weighted by Crippen LogP contribution is 2.45. The second-order valence-electron chi connectivity index (χ2n) is 5.86. The number of halogens is 1. The number of hydrogen-bond donors (Lipinski definition) is 2. The number of nitrogens with one attached hydrogen (secondary N) is 1. The number of benzene rings is 2. The minimum absolute atomic E-state index is 0.0674. The highest BCUT2D eigenvalue weighted by molar-refractivity contribution is 7.99. The largest absolute Gasteiger partial charge is 0.465 e. The Hall–Kier alpha value is -2.18. The zero-order chi connectivity index (χ0) is 18.7. The lowest BCUT2D eigenvalue weighted by molar-refractivity contribution is -0.118. The van der Waals surface area contributed by atoms with E-state index in [-0.39, 0.29) is 11.2 Å². The third-order valence-electron chi connectivity index (χ3n) is 4.26. The molecule has 1 aliphatic rings. The van der Waals surface area contributed by atoms with Crippen LogP contribution in [0.2, 0.25) is 5.02 Å². The van der Waals surface area contributed by atoms with Gasteiger partial charge in [-0.1, -0.05) is 29.8 Å². The van der Waals surface area contributed by atoms with E-state index in [9.17, 15) is 9.59 Å². The van der Waals surface area contributed by atoms with Crippen LogP contribution in [-0.2, 0) is 4.79 Å². The SMILES string of the molecule is CCN1C(=O)CCSC(c2ccccc2Cl)c2cc(NC(=O)O)ccc21. The van der Waals surface area contributed by atoms with Gasteiger partial charge in [-0.15, -0.1) is 11.8 Å². The van der Waals surface area contributed by atoms with Gasteiger partial charge in [-0.3, -0.25) is 10.1 Å². The molecule has 0 bridgehead atoms. The summed E-state index contributed by atoms with van der Waals surface area (Å²) < 4.78 is 0.